The maximum atomic E-state index is 12.2. The number of carbonyl (C=O) groups is 2. The third-order valence-corrected chi connectivity index (χ3v) is 5.75. The van der Waals surface area contributed by atoms with Crippen molar-refractivity contribution >= 4 is 11.8 Å². The van der Waals surface area contributed by atoms with Crippen molar-refractivity contribution in [3.05, 3.63) is 23.8 Å². The van der Waals surface area contributed by atoms with Crippen LogP contribution in [0.15, 0.2) is 18.2 Å². The Kier molecular flexibility index (Phi) is 5.69. The Morgan fingerprint density at radius 1 is 1.22 bits per heavy atom. The van der Waals surface area contributed by atoms with Gasteiger partial charge in [-0.3, -0.25) is 9.59 Å². The second-order valence-electron chi connectivity index (χ2n) is 7.33. The first kappa shape index (κ1) is 19.2. The molecule has 0 spiro atoms. The van der Waals surface area contributed by atoms with Crippen molar-refractivity contribution in [2.24, 2.45) is 5.92 Å². The molecule has 0 amide bonds. The van der Waals surface area contributed by atoms with Crippen LogP contribution in [0, 0.1) is 17.2 Å². The number of ketones is 1. The molecule has 144 valence electrons. The van der Waals surface area contributed by atoms with E-state index in [1.165, 1.54) is 7.11 Å². The minimum absolute atomic E-state index is 0.129. The van der Waals surface area contributed by atoms with Crippen molar-refractivity contribution in [1.29, 1.82) is 5.26 Å². The fourth-order valence-corrected chi connectivity index (χ4v) is 4.11. The van der Waals surface area contributed by atoms with Crippen molar-refractivity contribution in [1.82, 2.24) is 0 Å². The lowest BCUT2D eigenvalue weighted by Crippen LogP contribution is -2.40. The number of esters is 1. The van der Waals surface area contributed by atoms with Gasteiger partial charge in [0.2, 0.25) is 0 Å². The zero-order chi connectivity index (χ0) is 19.4. The van der Waals surface area contributed by atoms with Gasteiger partial charge in [0.25, 0.3) is 0 Å². The topological polar surface area (TPSA) is 85.6 Å². The van der Waals surface area contributed by atoms with Gasteiger partial charge in [0.15, 0.2) is 11.5 Å². The third-order valence-electron chi connectivity index (χ3n) is 5.75. The van der Waals surface area contributed by atoms with Crippen molar-refractivity contribution < 1.29 is 23.8 Å². The predicted molar refractivity (Wildman–Crippen MR) is 97.5 cm³/mol. The summed E-state index contributed by atoms with van der Waals surface area (Å²) in [7, 11) is 2.85. The molecular formula is C21H25NO5. The van der Waals surface area contributed by atoms with E-state index in [4.69, 9.17) is 14.2 Å². The minimum atomic E-state index is -0.924. The lowest BCUT2D eigenvalue weighted by atomic mass is 9.66. The Morgan fingerprint density at radius 3 is 2.59 bits per heavy atom. The lowest BCUT2D eigenvalue weighted by molar-refractivity contribution is -0.151. The van der Waals surface area contributed by atoms with Crippen LogP contribution in [0.4, 0.5) is 0 Å². The molecule has 0 aromatic heterocycles. The number of benzene rings is 1. The van der Waals surface area contributed by atoms with E-state index in [0.29, 0.717) is 17.9 Å². The number of ether oxygens (including phenoxy) is 3. The summed E-state index contributed by atoms with van der Waals surface area (Å²) in [6, 6.07) is 7.82. The molecule has 2 aliphatic carbocycles. The van der Waals surface area contributed by atoms with Gasteiger partial charge in [0.1, 0.15) is 11.7 Å². The highest BCUT2D eigenvalue weighted by atomic mass is 16.5. The van der Waals surface area contributed by atoms with Gasteiger partial charge in [0, 0.05) is 6.42 Å². The van der Waals surface area contributed by atoms with E-state index in [-0.39, 0.29) is 24.7 Å². The molecule has 0 heterocycles. The molecule has 6 nitrogen and oxygen atoms in total. The smallest absolute Gasteiger partial charge is 0.316 e. The van der Waals surface area contributed by atoms with Crippen molar-refractivity contribution in [3.63, 3.8) is 0 Å². The van der Waals surface area contributed by atoms with Crippen LogP contribution in [-0.4, -0.2) is 32.1 Å². The fraction of sp³-hybridized carbons (Fsp3) is 0.571. The molecular weight excluding hydrogens is 346 g/mol. The summed E-state index contributed by atoms with van der Waals surface area (Å²) in [5, 5.41) is 9.97. The maximum Gasteiger partial charge on any atom is 0.316 e. The zero-order valence-corrected chi connectivity index (χ0v) is 15.8. The van der Waals surface area contributed by atoms with Crippen molar-refractivity contribution in [2.45, 2.75) is 56.5 Å². The van der Waals surface area contributed by atoms with Gasteiger partial charge in [-0.15, -0.1) is 0 Å². The third kappa shape index (κ3) is 3.78. The largest absolute Gasteiger partial charge is 0.493 e. The van der Waals surface area contributed by atoms with Gasteiger partial charge in [0.05, 0.1) is 31.8 Å². The molecule has 2 saturated carbocycles. The van der Waals surface area contributed by atoms with E-state index < -0.39 is 17.3 Å². The lowest BCUT2D eigenvalue weighted by Gasteiger charge is -2.34. The number of rotatable bonds is 5. The Labute approximate surface area is 159 Å². The second-order valence-corrected chi connectivity index (χ2v) is 7.33. The molecule has 0 radical (unpaired) electrons. The molecule has 0 saturated heterocycles. The molecule has 3 rings (SSSR count). The Hall–Kier alpha value is -2.55. The molecule has 2 fully saturated rings. The van der Waals surface area contributed by atoms with E-state index in [9.17, 15) is 14.9 Å². The highest BCUT2D eigenvalue weighted by Crippen LogP contribution is 2.43. The normalized spacial score (nSPS) is 25.7. The Balaban J connectivity index is 1.93. The quantitative estimate of drug-likeness (QED) is 0.583. The van der Waals surface area contributed by atoms with Crippen LogP contribution in [0.3, 0.4) is 0 Å². The van der Waals surface area contributed by atoms with E-state index >= 15 is 0 Å². The van der Waals surface area contributed by atoms with Crippen LogP contribution in [0.5, 0.6) is 11.5 Å². The Bertz CT molecular complexity index is 754. The molecule has 27 heavy (non-hydrogen) atoms. The van der Waals surface area contributed by atoms with Gasteiger partial charge < -0.3 is 14.2 Å². The summed E-state index contributed by atoms with van der Waals surface area (Å²) in [6.45, 7) is 0. The van der Waals surface area contributed by atoms with Crippen LogP contribution in [0.25, 0.3) is 0 Å². The summed E-state index contributed by atoms with van der Waals surface area (Å²) < 4.78 is 16.3. The van der Waals surface area contributed by atoms with Gasteiger partial charge in [-0.25, -0.2) is 0 Å². The molecule has 0 aliphatic heterocycles. The average Bonchev–Trinajstić information content (AvgIpc) is 3.21. The molecule has 6 heteroatoms. The number of nitriles is 1. The number of nitrogens with zero attached hydrogens (tertiary/aromatic N) is 1. The number of hydrogen-bond acceptors (Lipinski definition) is 6. The first-order valence-corrected chi connectivity index (χ1v) is 9.40. The van der Waals surface area contributed by atoms with E-state index in [0.717, 1.165) is 31.2 Å². The van der Waals surface area contributed by atoms with Crippen molar-refractivity contribution in [3.8, 4) is 17.6 Å². The molecule has 1 aromatic carbocycles. The standard InChI is InChI=1S/C21H25NO5/c1-25-18-8-7-14(11-19(18)27-15-5-3-4-6-15)21(13-22)10-9-17(23)16(12-21)20(24)26-2/h7-8,11,15-16H,3-6,9-10,12H2,1-2H3. The van der Waals surface area contributed by atoms with E-state index in [1.807, 2.05) is 12.1 Å². The van der Waals surface area contributed by atoms with E-state index in [2.05, 4.69) is 6.07 Å². The molecule has 1 aromatic rings. The SMILES string of the molecule is COC(=O)C1CC(C#N)(c2ccc(OC)c(OC3CCCC3)c2)CCC1=O. The molecule has 2 aliphatic rings. The fourth-order valence-electron chi connectivity index (χ4n) is 4.11. The zero-order valence-electron chi connectivity index (χ0n) is 15.8. The minimum Gasteiger partial charge on any atom is -0.493 e. The number of hydrogen-bond donors (Lipinski definition) is 0. The summed E-state index contributed by atoms with van der Waals surface area (Å²) in [6.07, 6.45) is 5.16. The Morgan fingerprint density at radius 2 is 1.96 bits per heavy atom. The van der Waals surface area contributed by atoms with Crippen LogP contribution in [0.2, 0.25) is 0 Å². The van der Waals surface area contributed by atoms with Crippen molar-refractivity contribution in [2.75, 3.05) is 14.2 Å². The van der Waals surface area contributed by atoms with Gasteiger partial charge >= 0.3 is 5.97 Å². The second kappa shape index (κ2) is 7.99. The summed E-state index contributed by atoms with van der Waals surface area (Å²) in [4.78, 5) is 24.2. The van der Waals surface area contributed by atoms with Crippen LogP contribution >= 0.6 is 0 Å². The maximum absolute atomic E-state index is 12.2. The summed E-state index contributed by atoms with van der Waals surface area (Å²) in [5.41, 5.74) is -0.174. The number of Topliss-reactive ketones (excluding diaryl/α,β-unsaturated/α-hetero) is 1. The molecule has 2 unspecified atom stereocenters. The average molecular weight is 371 g/mol. The van der Waals surface area contributed by atoms with Crippen LogP contribution < -0.4 is 9.47 Å². The highest BCUT2D eigenvalue weighted by Gasteiger charge is 2.45. The first-order valence-electron chi connectivity index (χ1n) is 9.40. The number of carbonyl (C=O) groups excluding carboxylic acids is 2. The van der Waals surface area contributed by atoms with Gasteiger partial charge in [-0.2, -0.15) is 5.26 Å². The monoisotopic (exact) mass is 371 g/mol. The van der Waals surface area contributed by atoms with Gasteiger partial charge in [-0.1, -0.05) is 6.07 Å². The predicted octanol–water partition coefficient (Wildman–Crippen LogP) is 3.32. The molecule has 2 atom stereocenters. The van der Waals surface area contributed by atoms with Gasteiger partial charge in [-0.05, 0) is 56.2 Å². The number of methoxy groups -OCH3 is 2. The van der Waals surface area contributed by atoms with E-state index in [1.54, 1.807) is 13.2 Å². The van der Waals surface area contributed by atoms with Crippen LogP contribution in [-0.2, 0) is 19.7 Å². The highest BCUT2D eigenvalue weighted by molar-refractivity contribution is 6.00. The summed E-state index contributed by atoms with van der Waals surface area (Å²) in [5.74, 6) is -0.401. The van der Waals surface area contributed by atoms with Crippen LogP contribution in [0.1, 0.15) is 50.5 Å². The molecule has 0 N–H and O–H groups in total. The summed E-state index contributed by atoms with van der Waals surface area (Å²) >= 11 is 0. The molecule has 0 bridgehead atoms. The first-order chi connectivity index (χ1) is 13.0.